The van der Waals surface area contributed by atoms with Gasteiger partial charge in [-0.05, 0) is 76.2 Å². The molecule has 0 aromatic carbocycles. The van der Waals surface area contributed by atoms with Gasteiger partial charge in [-0.25, -0.2) is 9.97 Å². The number of nitrogens with two attached hydrogens (primary N) is 1. The predicted molar refractivity (Wildman–Crippen MR) is 141 cm³/mol. The Morgan fingerprint density at radius 1 is 1.17 bits per heavy atom. The summed E-state index contributed by atoms with van der Waals surface area (Å²) in [7, 11) is 1.77. The van der Waals surface area contributed by atoms with Gasteiger partial charge in [-0.1, -0.05) is 24.3 Å². The van der Waals surface area contributed by atoms with Gasteiger partial charge in [-0.3, -0.25) is 0 Å². The normalized spacial score (nSPS) is 21.1. The zero-order valence-electron chi connectivity index (χ0n) is 21.3. The number of hydrogen-bond donors (Lipinski definition) is 3. The minimum Gasteiger partial charge on any atom is -0.367 e. The van der Waals surface area contributed by atoms with E-state index in [0.717, 1.165) is 72.8 Å². The highest BCUT2D eigenvalue weighted by Crippen LogP contribution is 2.29. The van der Waals surface area contributed by atoms with E-state index in [1.54, 1.807) is 7.05 Å². The summed E-state index contributed by atoms with van der Waals surface area (Å²) in [4.78, 5) is 11.4. The first-order valence-electron chi connectivity index (χ1n) is 12.5. The molecular weight excluding hydrogens is 438 g/mol. The molecule has 2 aliphatic rings. The highest BCUT2D eigenvalue weighted by Gasteiger charge is 2.21. The number of rotatable bonds is 8. The molecule has 0 atom stereocenters. The van der Waals surface area contributed by atoms with E-state index in [2.05, 4.69) is 57.3 Å². The van der Waals surface area contributed by atoms with Crippen molar-refractivity contribution in [2.24, 2.45) is 12.8 Å². The third kappa shape index (κ3) is 6.42. The Morgan fingerprint density at radius 3 is 2.63 bits per heavy atom. The van der Waals surface area contributed by atoms with Crippen molar-refractivity contribution < 1.29 is 0 Å². The number of aromatic nitrogens is 6. The molecule has 9 nitrogen and oxygen atoms in total. The Labute approximate surface area is 207 Å². The average Bonchev–Trinajstić information content (AvgIpc) is 3.29. The second kappa shape index (κ2) is 11.4. The fraction of sp³-hybridized carbons (Fsp3) is 0.500. The van der Waals surface area contributed by atoms with Crippen LogP contribution in [0.5, 0.6) is 0 Å². The summed E-state index contributed by atoms with van der Waals surface area (Å²) >= 11 is 0. The van der Waals surface area contributed by atoms with Gasteiger partial charge in [-0.15, -0.1) is 10.2 Å². The molecule has 0 amide bonds. The molecule has 0 spiro atoms. The van der Waals surface area contributed by atoms with Crippen LogP contribution in [0.2, 0.25) is 0 Å². The van der Waals surface area contributed by atoms with Crippen LogP contribution in [0.1, 0.15) is 69.6 Å². The Balaban J connectivity index is 1.62. The molecule has 0 bridgehead atoms. The van der Waals surface area contributed by atoms with Gasteiger partial charge in [0.05, 0.1) is 7.05 Å². The van der Waals surface area contributed by atoms with Gasteiger partial charge >= 0.3 is 0 Å². The smallest absolute Gasteiger partial charge is 0.204 e. The number of allylic oxidation sites excluding steroid dienone is 8. The number of hydrogen-bond acceptors (Lipinski definition) is 8. The van der Waals surface area contributed by atoms with Gasteiger partial charge < -0.3 is 16.4 Å². The maximum Gasteiger partial charge on any atom is 0.204 e. The van der Waals surface area contributed by atoms with Crippen LogP contribution < -0.4 is 16.4 Å². The Hall–Kier alpha value is -3.33. The van der Waals surface area contributed by atoms with Crippen molar-refractivity contribution in [3.05, 3.63) is 58.9 Å². The minimum absolute atomic E-state index is 0.315. The first-order chi connectivity index (χ1) is 16.9. The summed E-state index contributed by atoms with van der Waals surface area (Å²) in [5.41, 5.74) is 10.4. The number of nitrogens with one attached hydrogen (secondary N) is 2. The molecular formula is C26H37N9. The summed E-state index contributed by atoms with van der Waals surface area (Å²) in [5.74, 6) is 3.16. The molecule has 0 radical (unpaired) electrons. The number of tetrazole rings is 1. The Bertz CT molecular complexity index is 1150. The summed E-state index contributed by atoms with van der Waals surface area (Å²) in [6, 6.07) is 0.696. The molecule has 2 aromatic heterocycles. The van der Waals surface area contributed by atoms with Crippen molar-refractivity contribution >= 4 is 17.2 Å². The SMILES string of the molecule is C/C=C\C(=C/C)Cc1nc(NC2=CC(c3nnn(C)n3)=CCC2)c(C)c(NC2CCC(N)CC2)n1. The number of anilines is 2. The highest BCUT2D eigenvalue weighted by molar-refractivity contribution is 5.72. The first-order valence-corrected chi connectivity index (χ1v) is 12.5. The number of aryl methyl sites for hydroxylation is 1. The van der Waals surface area contributed by atoms with Gasteiger partial charge in [0.25, 0.3) is 0 Å². The molecule has 4 rings (SSSR count). The van der Waals surface area contributed by atoms with Gasteiger partial charge in [0.1, 0.15) is 17.5 Å². The summed E-state index contributed by atoms with van der Waals surface area (Å²) in [6.07, 6.45) is 17.2. The molecule has 2 heterocycles. The molecule has 0 saturated heterocycles. The van der Waals surface area contributed by atoms with Gasteiger partial charge in [-0.2, -0.15) is 4.80 Å². The first kappa shape index (κ1) is 24.8. The van der Waals surface area contributed by atoms with Gasteiger partial charge in [0.15, 0.2) is 0 Å². The lowest BCUT2D eigenvalue weighted by molar-refractivity contribution is 0.410. The van der Waals surface area contributed by atoms with Crippen LogP contribution >= 0.6 is 0 Å². The van der Waals surface area contributed by atoms with Crippen molar-refractivity contribution in [3.63, 3.8) is 0 Å². The Kier molecular flexibility index (Phi) is 8.07. The van der Waals surface area contributed by atoms with Gasteiger partial charge in [0.2, 0.25) is 5.82 Å². The topological polar surface area (TPSA) is 119 Å². The third-order valence-electron chi connectivity index (χ3n) is 6.57. The summed E-state index contributed by atoms with van der Waals surface area (Å²) in [6.45, 7) is 6.16. The van der Waals surface area contributed by atoms with Crippen LogP contribution in [0.3, 0.4) is 0 Å². The molecule has 9 heteroatoms. The van der Waals surface area contributed by atoms with Crippen molar-refractivity contribution in [3.8, 4) is 0 Å². The summed E-state index contributed by atoms with van der Waals surface area (Å²) < 4.78 is 0. The third-order valence-corrected chi connectivity index (χ3v) is 6.57. The molecule has 35 heavy (non-hydrogen) atoms. The van der Waals surface area contributed by atoms with Crippen LogP contribution in [-0.2, 0) is 13.5 Å². The lowest BCUT2D eigenvalue weighted by Gasteiger charge is -2.28. The summed E-state index contributed by atoms with van der Waals surface area (Å²) in [5, 5.41) is 19.8. The minimum atomic E-state index is 0.315. The molecule has 1 saturated carbocycles. The zero-order valence-corrected chi connectivity index (χ0v) is 21.3. The highest BCUT2D eigenvalue weighted by atomic mass is 15.6. The van der Waals surface area contributed by atoms with E-state index in [9.17, 15) is 0 Å². The molecule has 4 N–H and O–H groups in total. The fourth-order valence-electron chi connectivity index (χ4n) is 4.52. The monoisotopic (exact) mass is 475 g/mol. The van der Waals surface area contributed by atoms with Crippen LogP contribution in [-0.4, -0.2) is 42.3 Å². The molecule has 2 aliphatic carbocycles. The maximum atomic E-state index is 6.12. The van der Waals surface area contributed by atoms with E-state index >= 15 is 0 Å². The van der Waals surface area contributed by atoms with Crippen molar-refractivity contribution in [1.82, 2.24) is 30.2 Å². The van der Waals surface area contributed by atoms with E-state index in [0.29, 0.717) is 24.3 Å². The van der Waals surface area contributed by atoms with E-state index < -0.39 is 0 Å². The lowest BCUT2D eigenvalue weighted by Crippen LogP contribution is -2.33. The van der Waals surface area contributed by atoms with E-state index in [4.69, 9.17) is 15.7 Å². The Morgan fingerprint density at radius 2 is 1.94 bits per heavy atom. The van der Waals surface area contributed by atoms with Crippen LogP contribution in [0, 0.1) is 6.92 Å². The molecule has 186 valence electrons. The standard InChI is InChI=1S/C26H37N9/c1-5-8-18(6-2)15-23-30-24(28-21-13-11-20(27)12-14-21)17(3)25(31-23)29-22-10-7-9-19(16-22)26-32-34-35(4)33-26/h5-6,8-9,16,20-21H,7,10-15,27H2,1-4H3,(H2,28,29,30,31)/b8-5-,18-6+. The van der Waals surface area contributed by atoms with E-state index in [-0.39, 0.29) is 0 Å². The predicted octanol–water partition coefficient (Wildman–Crippen LogP) is 4.23. The second-order valence-corrected chi connectivity index (χ2v) is 9.35. The molecule has 2 aromatic rings. The second-order valence-electron chi connectivity index (χ2n) is 9.35. The molecule has 1 fully saturated rings. The quantitative estimate of drug-likeness (QED) is 0.485. The van der Waals surface area contributed by atoms with Crippen molar-refractivity contribution in [2.75, 3.05) is 10.6 Å². The fourth-order valence-corrected chi connectivity index (χ4v) is 4.52. The van der Waals surface area contributed by atoms with Crippen LogP contribution in [0.4, 0.5) is 11.6 Å². The maximum absolute atomic E-state index is 6.12. The van der Waals surface area contributed by atoms with Crippen LogP contribution in [0.25, 0.3) is 5.57 Å². The van der Waals surface area contributed by atoms with Crippen molar-refractivity contribution in [2.45, 2.75) is 77.8 Å². The average molecular weight is 476 g/mol. The van der Waals surface area contributed by atoms with Gasteiger partial charge in [0, 0.05) is 35.3 Å². The van der Waals surface area contributed by atoms with Crippen LogP contribution in [0.15, 0.2) is 41.7 Å². The molecule has 0 aliphatic heterocycles. The molecule has 0 unspecified atom stereocenters. The largest absolute Gasteiger partial charge is 0.367 e. The zero-order chi connectivity index (χ0) is 24.8. The lowest BCUT2D eigenvalue weighted by atomic mass is 9.92. The van der Waals surface area contributed by atoms with Crippen molar-refractivity contribution in [1.29, 1.82) is 0 Å². The van der Waals surface area contributed by atoms with E-state index in [1.807, 2.05) is 19.9 Å². The number of nitrogens with zero attached hydrogens (tertiary/aromatic N) is 6. The van der Waals surface area contributed by atoms with E-state index in [1.165, 1.54) is 10.4 Å².